The highest BCUT2D eigenvalue weighted by Gasteiger charge is 2.39. The highest BCUT2D eigenvalue weighted by molar-refractivity contribution is 6.34. The minimum atomic E-state index is -0.508. The summed E-state index contributed by atoms with van der Waals surface area (Å²) >= 11 is 6.80. The third kappa shape index (κ3) is 4.67. The predicted octanol–water partition coefficient (Wildman–Crippen LogP) is 4.40. The van der Waals surface area contributed by atoms with Gasteiger partial charge < -0.3 is 19.8 Å². The van der Waals surface area contributed by atoms with Crippen LogP contribution in [0.25, 0.3) is 16.3 Å². The summed E-state index contributed by atoms with van der Waals surface area (Å²) in [4.78, 5) is 27.4. The molecule has 192 valence electrons. The molecule has 0 spiro atoms. The number of nitrogens with zero attached hydrogens (tertiary/aromatic N) is 5. The van der Waals surface area contributed by atoms with Crippen LogP contribution in [-0.4, -0.2) is 84.2 Å². The molecule has 1 amide bonds. The number of amides is 1. The van der Waals surface area contributed by atoms with Gasteiger partial charge in [0, 0.05) is 36.8 Å². The largest absolute Gasteiger partial charge is 0.508 e. The van der Waals surface area contributed by atoms with E-state index in [-0.39, 0.29) is 29.0 Å². The predicted molar refractivity (Wildman–Crippen MR) is 146 cm³/mol. The van der Waals surface area contributed by atoms with Crippen molar-refractivity contribution in [3.05, 3.63) is 71.2 Å². The smallest absolute Gasteiger partial charge is 0.246 e. The number of halogens is 2. The molecule has 2 aromatic rings. The maximum Gasteiger partial charge on any atom is 0.246 e. The van der Waals surface area contributed by atoms with E-state index < -0.39 is 11.7 Å². The first-order valence-electron chi connectivity index (χ1n) is 12.2. The van der Waals surface area contributed by atoms with Crippen molar-refractivity contribution in [2.45, 2.75) is 12.5 Å². The molecule has 1 aliphatic carbocycles. The monoisotopic (exact) mass is 521 g/mol. The molecule has 1 fully saturated rings. The Morgan fingerprint density at radius 2 is 2.08 bits per heavy atom. The van der Waals surface area contributed by atoms with Crippen LogP contribution in [0.4, 0.5) is 4.39 Å². The SMILES string of the molecule is C=CC(=O)N1CCN(C2=NC=NC3=C(F)C(c4cc(O)cc5ccccc45)=C(Cl)CC23)CC1CN(C)C. The van der Waals surface area contributed by atoms with E-state index in [1.165, 1.54) is 12.4 Å². The van der Waals surface area contributed by atoms with E-state index in [1.54, 1.807) is 12.1 Å². The molecule has 9 heteroatoms. The molecular weight excluding hydrogens is 493 g/mol. The average Bonchev–Trinajstić information content (AvgIpc) is 2.87. The summed E-state index contributed by atoms with van der Waals surface area (Å²) < 4.78 is 16.2. The summed E-state index contributed by atoms with van der Waals surface area (Å²) in [5.41, 5.74) is 1.07. The van der Waals surface area contributed by atoms with Gasteiger partial charge in [-0.05, 0) is 55.1 Å². The number of amidine groups is 1. The Morgan fingerprint density at radius 3 is 2.84 bits per heavy atom. The highest BCUT2D eigenvalue weighted by Crippen LogP contribution is 2.46. The first-order chi connectivity index (χ1) is 17.8. The van der Waals surface area contributed by atoms with Crippen molar-refractivity contribution >= 4 is 46.0 Å². The number of carbonyl (C=O) groups is 1. The number of rotatable bonds is 4. The van der Waals surface area contributed by atoms with Crippen molar-refractivity contribution in [3.8, 4) is 5.75 Å². The molecule has 37 heavy (non-hydrogen) atoms. The molecular formula is C28H29ClFN5O2. The van der Waals surface area contributed by atoms with Crippen LogP contribution in [0.15, 0.2) is 75.6 Å². The molecule has 0 radical (unpaired) electrons. The first-order valence-corrected chi connectivity index (χ1v) is 12.6. The van der Waals surface area contributed by atoms with Crippen LogP contribution in [0, 0.1) is 5.92 Å². The van der Waals surface area contributed by atoms with Gasteiger partial charge in [-0.2, -0.15) is 0 Å². The van der Waals surface area contributed by atoms with Crippen LogP contribution in [0.1, 0.15) is 12.0 Å². The molecule has 7 nitrogen and oxygen atoms in total. The van der Waals surface area contributed by atoms with Gasteiger partial charge in [0.15, 0.2) is 5.83 Å². The summed E-state index contributed by atoms with van der Waals surface area (Å²) in [6.07, 6.45) is 3.07. The maximum absolute atomic E-state index is 16.2. The second kappa shape index (κ2) is 10.1. The zero-order valence-electron chi connectivity index (χ0n) is 20.9. The minimum Gasteiger partial charge on any atom is -0.508 e. The number of phenols is 1. The van der Waals surface area contributed by atoms with Crippen LogP contribution in [0.2, 0.25) is 0 Å². The van der Waals surface area contributed by atoms with E-state index in [1.807, 2.05) is 48.2 Å². The number of fused-ring (bicyclic) bond motifs is 2. The second-order valence-electron chi connectivity index (χ2n) is 9.78. The van der Waals surface area contributed by atoms with Crippen molar-refractivity contribution in [1.82, 2.24) is 14.7 Å². The Morgan fingerprint density at radius 1 is 1.30 bits per heavy atom. The fraction of sp³-hybridized carbons (Fsp3) is 0.321. The lowest BCUT2D eigenvalue weighted by molar-refractivity contribution is -0.130. The molecule has 0 saturated carbocycles. The molecule has 0 bridgehead atoms. The standard InChI is InChI=1S/C28H29ClFN5O2/c1-4-24(37)35-10-9-34(15-18(35)14-33(2)3)28-22-13-23(29)25(26(30)27(22)31-16-32-28)21-12-19(36)11-17-7-5-6-8-20(17)21/h4-8,11-12,16,18,22,36H,1,9-10,13-15H2,2-3H3. The molecule has 1 saturated heterocycles. The van der Waals surface area contributed by atoms with E-state index >= 15 is 4.39 Å². The lowest BCUT2D eigenvalue weighted by atomic mass is 9.85. The number of hydrogen-bond acceptors (Lipinski definition) is 6. The van der Waals surface area contributed by atoms with E-state index in [0.29, 0.717) is 49.0 Å². The van der Waals surface area contributed by atoms with Gasteiger partial charge in [-0.3, -0.25) is 4.79 Å². The lowest BCUT2D eigenvalue weighted by Gasteiger charge is -2.45. The van der Waals surface area contributed by atoms with Gasteiger partial charge in [-0.1, -0.05) is 42.4 Å². The molecule has 2 aliphatic heterocycles. The van der Waals surface area contributed by atoms with Gasteiger partial charge in [0.25, 0.3) is 0 Å². The normalized spacial score (nSPS) is 22.0. The number of aliphatic imine (C=N–C) groups is 2. The van der Waals surface area contributed by atoms with Crippen LogP contribution in [-0.2, 0) is 4.79 Å². The van der Waals surface area contributed by atoms with Gasteiger partial charge >= 0.3 is 0 Å². The molecule has 0 aromatic heterocycles. The van der Waals surface area contributed by atoms with E-state index in [2.05, 4.69) is 21.5 Å². The van der Waals surface area contributed by atoms with Crippen molar-refractivity contribution in [1.29, 1.82) is 0 Å². The van der Waals surface area contributed by atoms with Gasteiger partial charge in [-0.25, -0.2) is 14.4 Å². The molecule has 2 atom stereocenters. The zero-order valence-corrected chi connectivity index (χ0v) is 21.6. The number of hydrogen-bond donors (Lipinski definition) is 1. The number of benzene rings is 2. The Bertz CT molecular complexity index is 1400. The highest BCUT2D eigenvalue weighted by atomic mass is 35.5. The molecule has 1 N–H and O–H groups in total. The molecule has 5 rings (SSSR count). The molecule has 3 aliphatic rings. The third-order valence-electron chi connectivity index (χ3n) is 7.08. The van der Waals surface area contributed by atoms with Crippen LogP contribution in [0.5, 0.6) is 5.75 Å². The Labute approximate surface area is 220 Å². The Hall–Kier alpha value is -3.49. The number of likely N-dealkylation sites (N-methyl/N-ethyl adjacent to an activating group) is 1. The number of aromatic hydroxyl groups is 1. The van der Waals surface area contributed by atoms with Gasteiger partial charge in [-0.15, -0.1) is 0 Å². The maximum atomic E-state index is 16.2. The quantitative estimate of drug-likeness (QED) is 0.605. The summed E-state index contributed by atoms with van der Waals surface area (Å²) in [5, 5.41) is 12.3. The topological polar surface area (TPSA) is 71.7 Å². The summed E-state index contributed by atoms with van der Waals surface area (Å²) in [7, 11) is 3.93. The Kier molecular flexibility index (Phi) is 6.88. The first kappa shape index (κ1) is 25.2. The summed E-state index contributed by atoms with van der Waals surface area (Å²) in [5.74, 6) is -0.305. The van der Waals surface area contributed by atoms with E-state index in [4.69, 9.17) is 11.6 Å². The molecule has 2 heterocycles. The average molecular weight is 522 g/mol. The Balaban J connectivity index is 1.48. The minimum absolute atomic E-state index is 0.0406. The van der Waals surface area contributed by atoms with Gasteiger partial charge in [0.05, 0.1) is 17.7 Å². The molecule has 2 unspecified atom stereocenters. The zero-order chi connectivity index (χ0) is 26.3. The fourth-order valence-electron chi connectivity index (χ4n) is 5.50. The number of piperazine rings is 1. The lowest BCUT2D eigenvalue weighted by Crippen LogP contribution is -2.60. The summed E-state index contributed by atoms with van der Waals surface area (Å²) in [6.45, 7) is 5.95. The number of allylic oxidation sites excluding steroid dienone is 3. The van der Waals surface area contributed by atoms with Crippen molar-refractivity contribution in [2.24, 2.45) is 15.9 Å². The van der Waals surface area contributed by atoms with Crippen molar-refractivity contribution in [2.75, 3.05) is 40.3 Å². The van der Waals surface area contributed by atoms with Gasteiger partial charge in [0.1, 0.15) is 17.9 Å². The fourth-order valence-corrected chi connectivity index (χ4v) is 5.83. The van der Waals surface area contributed by atoms with Crippen LogP contribution in [0.3, 0.4) is 0 Å². The number of carbonyl (C=O) groups excluding carboxylic acids is 1. The van der Waals surface area contributed by atoms with Gasteiger partial charge in [0.2, 0.25) is 5.91 Å². The van der Waals surface area contributed by atoms with E-state index in [9.17, 15) is 9.90 Å². The van der Waals surface area contributed by atoms with Crippen LogP contribution < -0.4 is 0 Å². The van der Waals surface area contributed by atoms with Crippen molar-refractivity contribution < 1.29 is 14.3 Å². The molecule has 2 aromatic carbocycles. The second-order valence-corrected chi connectivity index (χ2v) is 10.2. The van der Waals surface area contributed by atoms with E-state index in [0.717, 1.165) is 10.8 Å². The summed E-state index contributed by atoms with van der Waals surface area (Å²) in [6, 6.07) is 10.6. The van der Waals surface area contributed by atoms with Crippen LogP contribution >= 0.6 is 11.6 Å². The number of phenolic OH excluding ortho intramolecular Hbond substituents is 1. The third-order valence-corrected chi connectivity index (χ3v) is 7.43. The van der Waals surface area contributed by atoms with Crippen molar-refractivity contribution in [3.63, 3.8) is 0 Å².